The number of hydrogen-bond acceptors (Lipinski definition) is 4. The van der Waals surface area contributed by atoms with E-state index in [0.717, 1.165) is 4.90 Å². The van der Waals surface area contributed by atoms with Gasteiger partial charge in [0.2, 0.25) is 5.91 Å². The van der Waals surface area contributed by atoms with Crippen LogP contribution in [-0.2, 0) is 9.53 Å². The van der Waals surface area contributed by atoms with E-state index in [1.54, 1.807) is 18.2 Å². The smallest absolute Gasteiger partial charge is 0.426 e. The van der Waals surface area contributed by atoms with Crippen LogP contribution >= 0.6 is 0 Å². The lowest BCUT2D eigenvalue weighted by Gasteiger charge is -2.33. The topological polar surface area (TPSA) is 75.7 Å². The predicted molar refractivity (Wildman–Crippen MR) is 92.6 cm³/mol. The van der Waals surface area contributed by atoms with Crippen molar-refractivity contribution in [3.05, 3.63) is 35.9 Å². The molecule has 6 nitrogen and oxygen atoms in total. The molecule has 0 radical (unpaired) electrons. The number of nitrogens with zero attached hydrogens (tertiary/aromatic N) is 1. The standard InChI is InChI=1S/C19H18F6N2O4/c20-18(21,22)15(19(23,24)25)31-16(30)27-8-6-17(7-9-27)10-12(17)14(29)26-13(28)11-4-2-1-3-5-11/h1-5,12,15H,6-10H2,(H,26,28,29)/t12-/m1/s1. The lowest BCUT2D eigenvalue weighted by atomic mass is 9.91. The Morgan fingerprint density at radius 1 is 1.00 bits per heavy atom. The molecular formula is C19H18F6N2O4. The normalized spacial score (nSPS) is 20.5. The monoisotopic (exact) mass is 452 g/mol. The number of likely N-dealkylation sites (tertiary alicyclic amines) is 1. The van der Waals surface area contributed by atoms with E-state index in [4.69, 9.17) is 0 Å². The Labute approximate surface area is 172 Å². The second-order valence-corrected chi connectivity index (χ2v) is 7.64. The van der Waals surface area contributed by atoms with Gasteiger partial charge in [-0.2, -0.15) is 26.3 Å². The molecule has 1 N–H and O–H groups in total. The molecular weight excluding hydrogens is 434 g/mol. The molecule has 1 aliphatic carbocycles. The van der Waals surface area contributed by atoms with E-state index < -0.39 is 47.7 Å². The van der Waals surface area contributed by atoms with Crippen LogP contribution in [0, 0.1) is 11.3 Å². The summed E-state index contributed by atoms with van der Waals surface area (Å²) in [5.74, 6) is -1.59. The highest BCUT2D eigenvalue weighted by molar-refractivity contribution is 6.06. The van der Waals surface area contributed by atoms with Crippen molar-refractivity contribution in [1.29, 1.82) is 0 Å². The molecule has 2 fully saturated rings. The van der Waals surface area contributed by atoms with Crippen molar-refractivity contribution >= 4 is 17.9 Å². The van der Waals surface area contributed by atoms with Gasteiger partial charge in [0.1, 0.15) is 0 Å². The second kappa shape index (κ2) is 8.04. The van der Waals surface area contributed by atoms with Crippen molar-refractivity contribution in [2.24, 2.45) is 11.3 Å². The van der Waals surface area contributed by atoms with Gasteiger partial charge in [-0.3, -0.25) is 14.9 Å². The first-order chi connectivity index (χ1) is 14.3. The summed E-state index contributed by atoms with van der Waals surface area (Å²) in [7, 11) is 0. The van der Waals surface area contributed by atoms with Crippen LogP contribution in [0.5, 0.6) is 0 Å². The van der Waals surface area contributed by atoms with Crippen LogP contribution in [0.3, 0.4) is 0 Å². The molecule has 1 atom stereocenters. The number of carbonyl (C=O) groups excluding carboxylic acids is 3. The lowest BCUT2D eigenvalue weighted by Crippen LogP contribution is -2.49. The zero-order valence-corrected chi connectivity index (χ0v) is 15.9. The van der Waals surface area contributed by atoms with E-state index >= 15 is 0 Å². The zero-order valence-electron chi connectivity index (χ0n) is 15.9. The minimum absolute atomic E-state index is 0.155. The summed E-state index contributed by atoms with van der Waals surface area (Å²) in [6.07, 6.45) is -16.7. The van der Waals surface area contributed by atoms with Gasteiger partial charge in [-0.15, -0.1) is 0 Å². The molecule has 1 aromatic rings. The van der Waals surface area contributed by atoms with E-state index in [1.165, 1.54) is 12.1 Å². The van der Waals surface area contributed by atoms with E-state index in [2.05, 4.69) is 10.1 Å². The van der Waals surface area contributed by atoms with Crippen molar-refractivity contribution in [1.82, 2.24) is 10.2 Å². The molecule has 170 valence electrons. The summed E-state index contributed by atoms with van der Waals surface area (Å²) in [5, 5.41) is 2.29. The third-order valence-electron chi connectivity index (χ3n) is 5.61. The quantitative estimate of drug-likeness (QED) is 0.561. The molecule has 3 rings (SSSR count). The number of rotatable bonds is 3. The van der Waals surface area contributed by atoms with Crippen molar-refractivity contribution in [3.8, 4) is 0 Å². The summed E-state index contributed by atoms with van der Waals surface area (Å²) in [6.45, 7) is -0.310. The van der Waals surface area contributed by atoms with Gasteiger partial charge in [0.25, 0.3) is 12.0 Å². The first-order valence-corrected chi connectivity index (χ1v) is 9.33. The number of piperidine rings is 1. The molecule has 3 amide bonds. The summed E-state index contributed by atoms with van der Waals surface area (Å²) in [6, 6.07) is 8.04. The number of ether oxygens (including phenoxy) is 1. The number of benzene rings is 1. The van der Waals surface area contributed by atoms with E-state index in [0.29, 0.717) is 12.0 Å². The van der Waals surface area contributed by atoms with Crippen LogP contribution < -0.4 is 5.32 Å². The lowest BCUT2D eigenvalue weighted by molar-refractivity contribution is -0.308. The zero-order chi connectivity index (χ0) is 23.0. The summed E-state index contributed by atoms with van der Waals surface area (Å²) in [4.78, 5) is 37.0. The molecule has 0 aromatic heterocycles. The van der Waals surface area contributed by atoms with Crippen molar-refractivity contribution in [3.63, 3.8) is 0 Å². The average molecular weight is 452 g/mol. The molecule has 1 heterocycles. The number of alkyl halides is 6. The fourth-order valence-corrected chi connectivity index (χ4v) is 3.76. The molecule has 0 bridgehead atoms. The number of halogens is 6. The van der Waals surface area contributed by atoms with E-state index in [-0.39, 0.29) is 25.9 Å². The van der Waals surface area contributed by atoms with Gasteiger partial charge < -0.3 is 9.64 Å². The Morgan fingerprint density at radius 3 is 2.06 bits per heavy atom. The molecule has 31 heavy (non-hydrogen) atoms. The molecule has 0 unspecified atom stereocenters. The van der Waals surface area contributed by atoms with E-state index in [9.17, 15) is 40.7 Å². The minimum atomic E-state index is -5.78. The Bertz CT molecular complexity index is 833. The highest BCUT2D eigenvalue weighted by atomic mass is 19.4. The van der Waals surface area contributed by atoms with Gasteiger partial charge in [0.15, 0.2) is 0 Å². The van der Waals surface area contributed by atoms with Gasteiger partial charge >= 0.3 is 18.4 Å². The Kier molecular flexibility index (Phi) is 5.94. The number of amides is 3. The molecule has 1 saturated heterocycles. The average Bonchev–Trinajstić information content (AvgIpc) is 3.38. The summed E-state index contributed by atoms with van der Waals surface area (Å²) >= 11 is 0. The molecule has 1 saturated carbocycles. The molecule has 1 aliphatic heterocycles. The Hall–Kier alpha value is -2.79. The summed E-state index contributed by atoms with van der Waals surface area (Å²) in [5.41, 5.74) is -0.238. The minimum Gasteiger partial charge on any atom is -0.426 e. The van der Waals surface area contributed by atoms with Crippen LogP contribution in [0.15, 0.2) is 30.3 Å². The number of imide groups is 1. The van der Waals surface area contributed by atoms with E-state index in [1.807, 2.05) is 0 Å². The van der Waals surface area contributed by atoms with Gasteiger partial charge in [-0.25, -0.2) is 4.79 Å². The largest absolute Gasteiger partial charge is 0.434 e. The maximum absolute atomic E-state index is 12.6. The first kappa shape index (κ1) is 22.9. The Balaban J connectivity index is 1.52. The number of carbonyl (C=O) groups is 3. The van der Waals surface area contributed by atoms with Gasteiger partial charge in [0, 0.05) is 24.6 Å². The molecule has 1 aromatic carbocycles. The third kappa shape index (κ3) is 5.10. The third-order valence-corrected chi connectivity index (χ3v) is 5.61. The SMILES string of the molecule is O=C(NC(=O)[C@H]1CC12CCN(C(=O)OC(C(F)(F)F)C(F)(F)F)CC2)c1ccccc1. The van der Waals surface area contributed by atoms with Crippen LogP contribution in [0.1, 0.15) is 29.6 Å². The van der Waals surface area contributed by atoms with Crippen molar-refractivity contribution < 1.29 is 45.5 Å². The fourth-order valence-electron chi connectivity index (χ4n) is 3.76. The Morgan fingerprint density at radius 2 is 1.55 bits per heavy atom. The second-order valence-electron chi connectivity index (χ2n) is 7.64. The van der Waals surface area contributed by atoms with Gasteiger partial charge in [0.05, 0.1) is 0 Å². The highest BCUT2D eigenvalue weighted by Crippen LogP contribution is 2.59. The fraction of sp³-hybridized carbons (Fsp3) is 0.526. The maximum Gasteiger partial charge on any atom is 0.434 e. The number of hydrogen-bond donors (Lipinski definition) is 1. The van der Waals surface area contributed by atoms with Crippen LogP contribution in [0.25, 0.3) is 0 Å². The molecule has 12 heteroatoms. The van der Waals surface area contributed by atoms with Crippen molar-refractivity contribution in [2.45, 2.75) is 37.7 Å². The summed E-state index contributed by atoms with van der Waals surface area (Å²) < 4.78 is 79.0. The first-order valence-electron chi connectivity index (χ1n) is 9.33. The van der Waals surface area contributed by atoms with Gasteiger partial charge in [-0.05, 0) is 36.8 Å². The van der Waals surface area contributed by atoms with Crippen LogP contribution in [0.4, 0.5) is 31.1 Å². The highest BCUT2D eigenvalue weighted by Gasteiger charge is 2.61. The van der Waals surface area contributed by atoms with Crippen molar-refractivity contribution in [2.75, 3.05) is 13.1 Å². The predicted octanol–water partition coefficient (Wildman–Crippen LogP) is 3.67. The molecule has 2 aliphatic rings. The van der Waals surface area contributed by atoms with Crippen LogP contribution in [-0.4, -0.2) is 54.4 Å². The number of nitrogens with one attached hydrogen (secondary N) is 1. The van der Waals surface area contributed by atoms with Crippen LogP contribution in [0.2, 0.25) is 0 Å². The molecule has 1 spiro atoms. The van der Waals surface area contributed by atoms with Gasteiger partial charge in [-0.1, -0.05) is 18.2 Å². The maximum atomic E-state index is 12.6.